The number of rotatable bonds is 4. The highest BCUT2D eigenvalue weighted by Gasteiger charge is 2.27. The van der Waals surface area contributed by atoms with Gasteiger partial charge in [0.25, 0.3) is 11.9 Å². The topological polar surface area (TPSA) is 71.8 Å². The summed E-state index contributed by atoms with van der Waals surface area (Å²) in [5.41, 5.74) is 3.72. The molecule has 0 fully saturated rings. The Bertz CT molecular complexity index is 1380. The maximum absolute atomic E-state index is 14.0. The van der Waals surface area contributed by atoms with E-state index in [0.29, 0.717) is 11.0 Å². The van der Waals surface area contributed by atoms with E-state index in [9.17, 15) is 9.18 Å². The molecule has 2 N–H and O–H groups in total. The quantitative estimate of drug-likeness (QED) is 0.411. The SMILES string of the molecule is Cc1ccc(C2=CC(c3ccccc3Cl)n3nc(NC(=O)c4ccccc4F)nc3N2)cc1. The third-order valence-corrected chi connectivity index (χ3v) is 5.74. The lowest BCUT2D eigenvalue weighted by Crippen LogP contribution is -2.20. The number of benzene rings is 3. The van der Waals surface area contributed by atoms with E-state index in [-0.39, 0.29) is 17.6 Å². The molecule has 0 aliphatic carbocycles. The first-order valence-electron chi connectivity index (χ1n) is 10.3. The lowest BCUT2D eigenvalue weighted by molar-refractivity contribution is 0.102. The number of carbonyl (C=O) groups is 1. The van der Waals surface area contributed by atoms with Crippen molar-refractivity contribution >= 4 is 35.1 Å². The van der Waals surface area contributed by atoms with Crippen molar-refractivity contribution in [2.24, 2.45) is 0 Å². The highest BCUT2D eigenvalue weighted by Crippen LogP contribution is 2.36. The Kier molecular flexibility index (Phi) is 5.40. The second-order valence-corrected chi connectivity index (χ2v) is 8.08. The molecule has 1 atom stereocenters. The van der Waals surface area contributed by atoms with Gasteiger partial charge in [-0.25, -0.2) is 9.07 Å². The maximum Gasteiger partial charge on any atom is 0.261 e. The first kappa shape index (κ1) is 20.9. The summed E-state index contributed by atoms with van der Waals surface area (Å²) in [5, 5.41) is 10.9. The van der Waals surface area contributed by atoms with Crippen LogP contribution in [0.3, 0.4) is 0 Å². The molecule has 0 saturated carbocycles. The van der Waals surface area contributed by atoms with Gasteiger partial charge in [0.1, 0.15) is 11.9 Å². The minimum Gasteiger partial charge on any atom is -0.324 e. The zero-order valence-electron chi connectivity index (χ0n) is 17.6. The van der Waals surface area contributed by atoms with Crippen LogP contribution in [0.5, 0.6) is 0 Å². The van der Waals surface area contributed by atoms with E-state index in [0.717, 1.165) is 22.4 Å². The Labute approximate surface area is 194 Å². The number of hydrogen-bond donors (Lipinski definition) is 2. The number of aromatic nitrogens is 3. The number of amides is 1. The van der Waals surface area contributed by atoms with E-state index in [1.54, 1.807) is 10.7 Å². The van der Waals surface area contributed by atoms with Gasteiger partial charge in [0, 0.05) is 10.7 Å². The van der Waals surface area contributed by atoms with Crippen molar-refractivity contribution in [1.82, 2.24) is 14.8 Å². The number of halogens is 2. The van der Waals surface area contributed by atoms with Crippen LogP contribution in [-0.2, 0) is 0 Å². The predicted molar refractivity (Wildman–Crippen MR) is 127 cm³/mol. The van der Waals surface area contributed by atoms with Crippen LogP contribution in [-0.4, -0.2) is 20.7 Å². The lowest BCUT2D eigenvalue weighted by Gasteiger charge is -2.25. The Balaban J connectivity index is 1.53. The second-order valence-electron chi connectivity index (χ2n) is 7.68. The summed E-state index contributed by atoms with van der Waals surface area (Å²) in [6, 6.07) is 21.0. The molecular formula is C25H19ClFN5O. The number of nitrogens with zero attached hydrogens (tertiary/aromatic N) is 3. The number of allylic oxidation sites excluding steroid dienone is 1. The van der Waals surface area contributed by atoms with Gasteiger partial charge in [0.15, 0.2) is 0 Å². The summed E-state index contributed by atoms with van der Waals surface area (Å²) in [6.07, 6.45) is 2.01. The normalized spacial score (nSPS) is 14.8. The smallest absolute Gasteiger partial charge is 0.261 e. The van der Waals surface area contributed by atoms with Crippen molar-refractivity contribution in [3.05, 3.63) is 112 Å². The monoisotopic (exact) mass is 459 g/mol. The van der Waals surface area contributed by atoms with Crippen LogP contribution in [0.25, 0.3) is 5.70 Å². The molecule has 0 bridgehead atoms. The van der Waals surface area contributed by atoms with Gasteiger partial charge in [-0.1, -0.05) is 71.8 Å². The highest BCUT2D eigenvalue weighted by molar-refractivity contribution is 6.31. The fraction of sp³-hybridized carbons (Fsp3) is 0.0800. The number of hydrogen-bond acceptors (Lipinski definition) is 4. The Morgan fingerprint density at radius 2 is 1.79 bits per heavy atom. The van der Waals surface area contributed by atoms with Gasteiger partial charge in [-0.2, -0.15) is 4.98 Å². The van der Waals surface area contributed by atoms with Crippen LogP contribution in [0.1, 0.15) is 33.1 Å². The molecular weight excluding hydrogens is 441 g/mol. The fourth-order valence-corrected chi connectivity index (χ4v) is 3.95. The van der Waals surface area contributed by atoms with Crippen LogP contribution in [0, 0.1) is 12.7 Å². The van der Waals surface area contributed by atoms with Gasteiger partial charge in [-0.05, 0) is 42.3 Å². The molecule has 0 saturated heterocycles. The Morgan fingerprint density at radius 1 is 1.06 bits per heavy atom. The molecule has 33 heavy (non-hydrogen) atoms. The van der Waals surface area contributed by atoms with Crippen molar-refractivity contribution in [3.63, 3.8) is 0 Å². The van der Waals surface area contributed by atoms with Gasteiger partial charge >= 0.3 is 0 Å². The summed E-state index contributed by atoms with van der Waals surface area (Å²) in [4.78, 5) is 17.0. The van der Waals surface area contributed by atoms with E-state index >= 15 is 0 Å². The van der Waals surface area contributed by atoms with E-state index < -0.39 is 11.7 Å². The average Bonchev–Trinajstić information content (AvgIpc) is 3.22. The average molecular weight is 460 g/mol. The van der Waals surface area contributed by atoms with Gasteiger partial charge in [0.2, 0.25) is 5.95 Å². The third kappa shape index (κ3) is 4.10. The first-order chi connectivity index (χ1) is 16.0. The van der Waals surface area contributed by atoms with Crippen LogP contribution in [0.2, 0.25) is 5.02 Å². The Hall–Kier alpha value is -3.97. The molecule has 6 nitrogen and oxygen atoms in total. The third-order valence-electron chi connectivity index (χ3n) is 5.40. The molecule has 0 spiro atoms. The van der Waals surface area contributed by atoms with Crippen LogP contribution in [0.4, 0.5) is 16.3 Å². The minimum atomic E-state index is -0.628. The van der Waals surface area contributed by atoms with Crippen LogP contribution in [0.15, 0.2) is 78.9 Å². The molecule has 1 aliphatic rings. The van der Waals surface area contributed by atoms with Crippen molar-refractivity contribution in [3.8, 4) is 0 Å². The van der Waals surface area contributed by atoms with Crippen molar-refractivity contribution in [2.45, 2.75) is 13.0 Å². The second kappa shape index (κ2) is 8.52. The largest absolute Gasteiger partial charge is 0.324 e. The highest BCUT2D eigenvalue weighted by atomic mass is 35.5. The van der Waals surface area contributed by atoms with Crippen molar-refractivity contribution < 1.29 is 9.18 Å². The van der Waals surface area contributed by atoms with Gasteiger partial charge < -0.3 is 5.32 Å². The Morgan fingerprint density at radius 3 is 2.55 bits per heavy atom. The lowest BCUT2D eigenvalue weighted by atomic mass is 10.0. The zero-order valence-corrected chi connectivity index (χ0v) is 18.3. The molecule has 8 heteroatoms. The van der Waals surface area contributed by atoms with Crippen molar-refractivity contribution in [1.29, 1.82) is 0 Å². The summed E-state index contributed by atoms with van der Waals surface area (Å²) in [5.74, 6) is -0.755. The molecule has 1 aliphatic heterocycles. The summed E-state index contributed by atoms with van der Waals surface area (Å²) in [7, 11) is 0. The standard InChI is InChI=1S/C25H19ClFN5O/c1-15-10-12-16(13-11-15)21-14-22(17-6-2-4-8-19(17)26)32-25(28-21)30-24(31-32)29-23(33)18-7-3-5-9-20(18)27/h2-14,22H,1H3,(H2,28,29,30,31,33). The van der Waals surface area contributed by atoms with E-state index in [4.69, 9.17) is 11.6 Å². The molecule has 1 unspecified atom stereocenters. The maximum atomic E-state index is 14.0. The number of nitrogens with one attached hydrogen (secondary N) is 2. The number of fused-ring (bicyclic) bond motifs is 1. The predicted octanol–water partition coefficient (Wildman–Crippen LogP) is 5.69. The zero-order chi connectivity index (χ0) is 22.9. The number of aryl methyl sites for hydroxylation is 1. The molecule has 2 heterocycles. The summed E-state index contributed by atoms with van der Waals surface area (Å²) in [6.45, 7) is 2.03. The van der Waals surface area contributed by atoms with E-state index in [1.165, 1.54) is 18.2 Å². The molecule has 4 aromatic rings. The molecule has 5 rings (SSSR count). The summed E-state index contributed by atoms with van der Waals surface area (Å²) < 4.78 is 15.7. The molecule has 1 aromatic heterocycles. The van der Waals surface area contributed by atoms with Gasteiger partial charge in [-0.15, -0.1) is 5.10 Å². The van der Waals surface area contributed by atoms with Crippen LogP contribution < -0.4 is 10.6 Å². The minimum absolute atomic E-state index is 0.0568. The van der Waals surface area contributed by atoms with E-state index in [1.807, 2.05) is 61.5 Å². The molecule has 164 valence electrons. The van der Waals surface area contributed by atoms with Crippen LogP contribution >= 0.6 is 11.6 Å². The molecule has 1 amide bonds. The fourth-order valence-electron chi connectivity index (χ4n) is 3.70. The molecule has 0 radical (unpaired) electrons. The van der Waals surface area contributed by atoms with Crippen molar-refractivity contribution in [2.75, 3.05) is 10.6 Å². The van der Waals surface area contributed by atoms with Gasteiger partial charge in [0.05, 0.1) is 5.56 Å². The summed E-state index contributed by atoms with van der Waals surface area (Å²) >= 11 is 6.50. The van der Waals surface area contributed by atoms with E-state index in [2.05, 4.69) is 20.7 Å². The van der Waals surface area contributed by atoms with Gasteiger partial charge in [-0.3, -0.25) is 10.1 Å². The number of carbonyl (C=O) groups excluding carboxylic acids is 1. The molecule has 3 aromatic carbocycles. The first-order valence-corrected chi connectivity index (χ1v) is 10.7. The number of anilines is 2.